The third-order valence-electron chi connectivity index (χ3n) is 7.08. The molecule has 0 saturated carbocycles. The van der Waals surface area contributed by atoms with E-state index in [4.69, 9.17) is 10.5 Å². The second kappa shape index (κ2) is 8.24. The summed E-state index contributed by atoms with van der Waals surface area (Å²) in [5.41, 5.74) is 13.9. The van der Waals surface area contributed by atoms with E-state index in [9.17, 15) is 13.6 Å². The van der Waals surface area contributed by atoms with E-state index in [0.29, 0.717) is 29.1 Å². The zero-order valence-corrected chi connectivity index (χ0v) is 19.7. The van der Waals surface area contributed by atoms with E-state index in [1.165, 1.54) is 12.1 Å². The topological polar surface area (TPSA) is 77.2 Å². The first kappa shape index (κ1) is 22.4. The number of halogens is 2. The summed E-state index contributed by atoms with van der Waals surface area (Å²) in [4.78, 5) is 17.3. The molecule has 0 spiro atoms. The van der Waals surface area contributed by atoms with Crippen molar-refractivity contribution in [1.82, 2.24) is 10.3 Å². The summed E-state index contributed by atoms with van der Waals surface area (Å²) in [5.74, 6) is -0.962. The number of carbonyl (C=O) groups excluding carboxylic acids is 1. The molecule has 2 bridgehead atoms. The molecular formula is C29H23F2N3O2. The number of nitrogens with one attached hydrogen (secondary N) is 1. The summed E-state index contributed by atoms with van der Waals surface area (Å²) < 4.78 is 34.0. The summed E-state index contributed by atoms with van der Waals surface area (Å²) in [6, 6.07) is 16.6. The third-order valence-corrected chi connectivity index (χ3v) is 7.08. The van der Waals surface area contributed by atoms with Gasteiger partial charge in [-0.2, -0.15) is 0 Å². The van der Waals surface area contributed by atoms with Crippen LogP contribution in [0, 0.1) is 25.5 Å². The Morgan fingerprint density at radius 2 is 1.67 bits per heavy atom. The quantitative estimate of drug-likeness (QED) is 0.392. The first-order chi connectivity index (χ1) is 17.3. The van der Waals surface area contributed by atoms with Crippen LogP contribution in [-0.4, -0.2) is 10.9 Å². The van der Waals surface area contributed by atoms with Crippen LogP contribution >= 0.6 is 0 Å². The van der Waals surface area contributed by atoms with Crippen LogP contribution in [0.15, 0.2) is 60.7 Å². The predicted molar refractivity (Wildman–Crippen MR) is 132 cm³/mol. The van der Waals surface area contributed by atoms with Crippen LogP contribution in [0.5, 0.6) is 0 Å². The molecule has 3 heterocycles. The number of nitrogens with two attached hydrogens (primary N) is 1. The van der Waals surface area contributed by atoms with Gasteiger partial charge in [-0.25, -0.2) is 13.8 Å². The monoisotopic (exact) mass is 483 g/mol. The summed E-state index contributed by atoms with van der Waals surface area (Å²) in [6.45, 7) is 4.16. The van der Waals surface area contributed by atoms with Crippen molar-refractivity contribution < 1.29 is 18.3 Å². The maximum absolute atomic E-state index is 14.4. The minimum atomic E-state index is -0.613. The highest BCUT2D eigenvalue weighted by molar-refractivity contribution is 5.94. The number of aryl methyl sites for hydroxylation is 2. The molecule has 6 rings (SSSR count). The molecule has 5 nitrogen and oxygen atoms in total. The van der Waals surface area contributed by atoms with Crippen LogP contribution < -0.4 is 11.1 Å². The maximum atomic E-state index is 14.4. The van der Waals surface area contributed by atoms with Crippen LogP contribution in [0.1, 0.15) is 61.6 Å². The van der Waals surface area contributed by atoms with Crippen molar-refractivity contribution in [3.05, 3.63) is 117 Å². The molecule has 2 aliphatic rings. The minimum Gasteiger partial charge on any atom is -0.384 e. The van der Waals surface area contributed by atoms with Crippen molar-refractivity contribution in [3.63, 3.8) is 0 Å². The minimum absolute atomic E-state index is 0.196. The fraction of sp³-hybridized carbons (Fsp3) is 0.172. The van der Waals surface area contributed by atoms with Gasteiger partial charge in [0.1, 0.15) is 29.7 Å². The van der Waals surface area contributed by atoms with Gasteiger partial charge in [0.2, 0.25) is 0 Å². The highest BCUT2D eigenvalue weighted by atomic mass is 19.1. The fourth-order valence-corrected chi connectivity index (χ4v) is 5.30. The summed E-state index contributed by atoms with van der Waals surface area (Å²) in [6.07, 6.45) is -0.572. The number of ether oxygens (including phenoxy) is 1. The van der Waals surface area contributed by atoms with Crippen LogP contribution in [0.4, 0.5) is 14.6 Å². The molecule has 0 saturated heterocycles. The van der Waals surface area contributed by atoms with E-state index >= 15 is 0 Å². The second-order valence-corrected chi connectivity index (χ2v) is 9.32. The predicted octanol–water partition coefficient (Wildman–Crippen LogP) is 5.68. The number of hydrogen-bond acceptors (Lipinski definition) is 4. The van der Waals surface area contributed by atoms with Gasteiger partial charge in [0.15, 0.2) is 0 Å². The van der Waals surface area contributed by atoms with Gasteiger partial charge in [0.05, 0.1) is 0 Å². The number of amides is 1. The van der Waals surface area contributed by atoms with Gasteiger partial charge >= 0.3 is 0 Å². The highest BCUT2D eigenvalue weighted by Crippen LogP contribution is 2.54. The van der Waals surface area contributed by atoms with Crippen LogP contribution in [0.2, 0.25) is 0 Å². The highest BCUT2D eigenvalue weighted by Gasteiger charge is 2.43. The maximum Gasteiger partial charge on any atom is 0.251 e. The first-order valence-corrected chi connectivity index (χ1v) is 11.7. The van der Waals surface area contributed by atoms with Crippen LogP contribution in [-0.2, 0) is 11.3 Å². The number of nitrogen functional groups attached to an aromatic ring is 1. The zero-order chi connectivity index (χ0) is 25.1. The summed E-state index contributed by atoms with van der Waals surface area (Å²) in [7, 11) is 0. The average Bonchev–Trinajstić information content (AvgIpc) is 3.40. The van der Waals surface area contributed by atoms with Gasteiger partial charge in [-0.1, -0.05) is 18.2 Å². The van der Waals surface area contributed by atoms with E-state index in [2.05, 4.69) is 10.3 Å². The molecule has 0 unspecified atom stereocenters. The lowest BCUT2D eigenvalue weighted by Crippen LogP contribution is -2.24. The molecule has 3 aromatic carbocycles. The van der Waals surface area contributed by atoms with Crippen molar-refractivity contribution in [2.24, 2.45) is 0 Å². The molecule has 0 aliphatic carbocycles. The SMILES string of the molecule is Cc1cc(N)nc(C)c1CNC(=O)c1ccc2c(c1)[C@H]1O[C@@H]2c2ccc(-c3ccc(F)cc3F)cc21. The Labute approximate surface area is 206 Å². The Bertz CT molecular complexity index is 1540. The van der Waals surface area contributed by atoms with E-state index < -0.39 is 11.6 Å². The number of rotatable bonds is 4. The third kappa shape index (κ3) is 3.55. The van der Waals surface area contributed by atoms with E-state index in [1.807, 2.05) is 44.2 Å². The van der Waals surface area contributed by atoms with E-state index in [1.54, 1.807) is 12.1 Å². The van der Waals surface area contributed by atoms with E-state index in [-0.39, 0.29) is 18.1 Å². The number of anilines is 1. The molecule has 7 heteroatoms. The van der Waals surface area contributed by atoms with Gasteiger partial charge < -0.3 is 15.8 Å². The van der Waals surface area contributed by atoms with Gasteiger partial charge in [0.25, 0.3) is 5.91 Å². The number of pyridine rings is 1. The van der Waals surface area contributed by atoms with E-state index in [0.717, 1.165) is 45.1 Å². The lowest BCUT2D eigenvalue weighted by molar-refractivity contribution is 0.0857. The zero-order valence-electron chi connectivity index (χ0n) is 19.7. The van der Waals surface area contributed by atoms with Gasteiger partial charge in [-0.15, -0.1) is 0 Å². The van der Waals surface area contributed by atoms with Crippen LogP contribution in [0.25, 0.3) is 11.1 Å². The van der Waals surface area contributed by atoms with Gasteiger partial charge in [-0.05, 0) is 89.2 Å². The molecule has 1 aromatic heterocycles. The van der Waals surface area contributed by atoms with Crippen molar-refractivity contribution in [2.75, 3.05) is 5.73 Å². The normalized spacial score (nSPS) is 17.1. The fourth-order valence-electron chi connectivity index (χ4n) is 5.30. The van der Waals surface area contributed by atoms with Crippen molar-refractivity contribution in [3.8, 4) is 11.1 Å². The van der Waals surface area contributed by atoms with Gasteiger partial charge in [0, 0.05) is 29.4 Å². The molecular weight excluding hydrogens is 460 g/mol. The van der Waals surface area contributed by atoms with Crippen molar-refractivity contribution in [2.45, 2.75) is 32.6 Å². The molecule has 1 amide bonds. The molecule has 36 heavy (non-hydrogen) atoms. The number of fused-ring (bicyclic) bond motifs is 8. The second-order valence-electron chi connectivity index (χ2n) is 9.32. The smallest absolute Gasteiger partial charge is 0.251 e. The Balaban J connectivity index is 1.27. The average molecular weight is 484 g/mol. The summed E-state index contributed by atoms with van der Waals surface area (Å²) in [5, 5.41) is 2.98. The lowest BCUT2D eigenvalue weighted by Gasteiger charge is -2.18. The van der Waals surface area contributed by atoms with Crippen molar-refractivity contribution in [1.29, 1.82) is 0 Å². The number of hydrogen-bond donors (Lipinski definition) is 2. The van der Waals surface area contributed by atoms with Crippen molar-refractivity contribution >= 4 is 11.7 Å². The number of aromatic nitrogens is 1. The number of nitrogens with zero attached hydrogens (tertiary/aromatic N) is 1. The molecule has 2 aliphatic heterocycles. The van der Waals surface area contributed by atoms with Gasteiger partial charge in [-0.3, -0.25) is 4.79 Å². The van der Waals surface area contributed by atoms with Crippen LogP contribution in [0.3, 0.4) is 0 Å². The Morgan fingerprint density at radius 1 is 0.944 bits per heavy atom. The molecule has 0 radical (unpaired) electrons. The summed E-state index contributed by atoms with van der Waals surface area (Å²) >= 11 is 0. The molecule has 4 aromatic rings. The Kier molecular flexibility index (Phi) is 5.12. The molecule has 3 N–H and O–H groups in total. The standard InChI is InChI=1S/C29H23F2N3O2/c1-14-9-26(32)34-15(2)24(14)13-33-29(35)17-4-7-21-23(11-17)28-22-10-16(3-6-20(22)27(21)36-28)19-8-5-18(30)12-25(19)31/h3-12,27-28H,13H2,1-2H3,(H2,32,34)(H,33,35)/t27-,28+/m1/s1. The number of carbonyl (C=O) groups is 1. The Hall–Kier alpha value is -4.10. The molecule has 180 valence electrons. The number of benzene rings is 3. The molecule has 2 atom stereocenters. The largest absolute Gasteiger partial charge is 0.384 e. The first-order valence-electron chi connectivity index (χ1n) is 11.7. The Morgan fingerprint density at radius 3 is 2.42 bits per heavy atom. The lowest BCUT2D eigenvalue weighted by atomic mass is 9.83. The molecule has 0 fully saturated rings.